The highest BCUT2D eigenvalue weighted by Crippen LogP contribution is 2.34. The highest BCUT2D eigenvalue weighted by atomic mass is 16.2. The quantitative estimate of drug-likeness (QED) is 0.464. The number of anilines is 2. The molecule has 10 heteroatoms. The van der Waals surface area contributed by atoms with E-state index in [4.69, 9.17) is 5.73 Å². The van der Waals surface area contributed by atoms with Crippen LogP contribution < -0.4 is 16.0 Å². The van der Waals surface area contributed by atoms with E-state index in [2.05, 4.69) is 15.4 Å². The minimum atomic E-state index is -0.979. The number of nitrogen functional groups attached to an aromatic ring is 1. The van der Waals surface area contributed by atoms with Gasteiger partial charge in [-0.25, -0.2) is 9.78 Å². The maximum atomic E-state index is 13.8. The molecule has 0 bridgehead atoms. The maximum Gasteiger partial charge on any atom is 0.325 e. The average molecular weight is 518 g/mol. The van der Waals surface area contributed by atoms with Crippen molar-refractivity contribution in [2.75, 3.05) is 17.7 Å². The van der Waals surface area contributed by atoms with Crippen LogP contribution in [-0.4, -0.2) is 50.6 Å². The Kier molecular flexibility index (Phi) is 7.52. The Balaban J connectivity index is 1.63. The van der Waals surface area contributed by atoms with Gasteiger partial charge in [-0.3, -0.25) is 24.1 Å². The number of likely N-dealkylation sites (N-methyl/N-ethyl adjacent to an activating group) is 1. The van der Waals surface area contributed by atoms with Crippen molar-refractivity contribution < 1.29 is 14.4 Å². The number of imide groups is 1. The zero-order valence-corrected chi connectivity index (χ0v) is 22.7. The van der Waals surface area contributed by atoms with Crippen LogP contribution in [0.4, 0.5) is 16.4 Å². The number of aryl methyl sites for hydroxylation is 3. The van der Waals surface area contributed by atoms with Gasteiger partial charge in [-0.05, 0) is 68.0 Å². The van der Waals surface area contributed by atoms with Crippen LogP contribution in [0, 0.1) is 26.7 Å². The van der Waals surface area contributed by atoms with E-state index >= 15 is 0 Å². The van der Waals surface area contributed by atoms with Gasteiger partial charge in [-0.2, -0.15) is 5.10 Å². The van der Waals surface area contributed by atoms with Crippen molar-refractivity contribution in [3.05, 3.63) is 70.5 Å². The highest BCUT2D eigenvalue weighted by Gasteiger charge is 2.55. The van der Waals surface area contributed by atoms with E-state index in [9.17, 15) is 14.4 Å². The van der Waals surface area contributed by atoms with Crippen molar-refractivity contribution in [1.29, 1.82) is 0 Å². The number of urea groups is 1. The zero-order valence-electron chi connectivity index (χ0n) is 22.7. The number of carbonyl (C=O) groups excluding carboxylic acids is 3. The SMILES string of the molecule is CCC(NC(=O)N1C(=O)[C@H](Cc2cc(C)nc(N)c2)[C@H]1C(=O)N(C)c1ccnn1C)c1cccc(C)c1C. The molecule has 0 saturated carbocycles. The molecule has 0 aliphatic carbocycles. The van der Waals surface area contributed by atoms with E-state index < -0.39 is 23.9 Å². The van der Waals surface area contributed by atoms with Crippen LogP contribution in [0.5, 0.6) is 0 Å². The van der Waals surface area contributed by atoms with Gasteiger partial charge in [0.1, 0.15) is 17.7 Å². The van der Waals surface area contributed by atoms with Crippen molar-refractivity contribution in [2.24, 2.45) is 13.0 Å². The van der Waals surface area contributed by atoms with Crippen LogP contribution in [0.2, 0.25) is 0 Å². The smallest absolute Gasteiger partial charge is 0.325 e. The molecule has 200 valence electrons. The minimum Gasteiger partial charge on any atom is -0.384 e. The predicted molar refractivity (Wildman–Crippen MR) is 145 cm³/mol. The number of carbonyl (C=O) groups is 3. The first-order chi connectivity index (χ1) is 18.0. The fourth-order valence-electron chi connectivity index (χ4n) is 5.17. The van der Waals surface area contributed by atoms with Gasteiger partial charge in [-0.1, -0.05) is 25.1 Å². The molecule has 1 aliphatic heterocycles. The molecule has 1 aliphatic rings. The van der Waals surface area contributed by atoms with Gasteiger partial charge in [-0.15, -0.1) is 0 Å². The number of β-lactam (4-membered cyclic amide) rings is 1. The van der Waals surface area contributed by atoms with Crippen LogP contribution in [0.25, 0.3) is 0 Å². The number of benzene rings is 1. The number of amides is 4. The van der Waals surface area contributed by atoms with Crippen LogP contribution in [-0.2, 0) is 23.1 Å². The normalized spacial score (nSPS) is 17.6. The molecule has 10 nitrogen and oxygen atoms in total. The van der Waals surface area contributed by atoms with Crippen molar-refractivity contribution in [1.82, 2.24) is 25.0 Å². The summed E-state index contributed by atoms with van der Waals surface area (Å²) in [4.78, 5) is 47.4. The Labute approximate surface area is 222 Å². The van der Waals surface area contributed by atoms with E-state index in [1.807, 2.05) is 52.0 Å². The van der Waals surface area contributed by atoms with E-state index in [0.29, 0.717) is 18.1 Å². The van der Waals surface area contributed by atoms with Crippen molar-refractivity contribution >= 4 is 29.5 Å². The summed E-state index contributed by atoms with van der Waals surface area (Å²) in [5.74, 6) is -0.587. The molecule has 0 radical (unpaired) electrons. The largest absolute Gasteiger partial charge is 0.384 e. The molecule has 4 amide bonds. The first-order valence-electron chi connectivity index (χ1n) is 12.7. The average Bonchev–Trinajstić information content (AvgIpc) is 3.30. The molecule has 1 fully saturated rings. The molecular weight excluding hydrogens is 482 g/mol. The molecule has 38 heavy (non-hydrogen) atoms. The lowest BCUT2D eigenvalue weighted by atomic mass is 9.81. The van der Waals surface area contributed by atoms with Gasteiger partial charge in [0, 0.05) is 25.9 Å². The Morgan fingerprint density at radius 2 is 1.92 bits per heavy atom. The number of likely N-dealkylation sites (tertiary alicyclic amines) is 1. The van der Waals surface area contributed by atoms with E-state index in [-0.39, 0.29) is 18.4 Å². The van der Waals surface area contributed by atoms with E-state index in [1.54, 1.807) is 37.1 Å². The maximum absolute atomic E-state index is 13.8. The summed E-state index contributed by atoms with van der Waals surface area (Å²) in [6.07, 6.45) is 2.48. The van der Waals surface area contributed by atoms with Crippen molar-refractivity contribution in [3.8, 4) is 0 Å². The lowest BCUT2D eigenvalue weighted by molar-refractivity contribution is -0.156. The number of hydrogen-bond acceptors (Lipinski definition) is 6. The Morgan fingerprint density at radius 1 is 1.18 bits per heavy atom. The number of aromatic nitrogens is 3. The first kappa shape index (κ1) is 26.8. The Morgan fingerprint density at radius 3 is 2.55 bits per heavy atom. The van der Waals surface area contributed by atoms with E-state index in [1.165, 1.54) is 4.90 Å². The van der Waals surface area contributed by atoms with Crippen LogP contribution in [0.15, 0.2) is 42.6 Å². The second-order valence-electron chi connectivity index (χ2n) is 9.92. The summed E-state index contributed by atoms with van der Waals surface area (Å²) < 4.78 is 1.57. The van der Waals surface area contributed by atoms with Gasteiger partial charge in [0.15, 0.2) is 0 Å². The number of nitrogens with two attached hydrogens (primary N) is 1. The molecule has 3 aromatic rings. The predicted octanol–water partition coefficient (Wildman–Crippen LogP) is 3.22. The lowest BCUT2D eigenvalue weighted by Crippen LogP contribution is -2.70. The number of nitrogens with zero attached hydrogens (tertiary/aromatic N) is 5. The Bertz CT molecular complexity index is 1360. The van der Waals surface area contributed by atoms with Gasteiger partial charge >= 0.3 is 6.03 Å². The van der Waals surface area contributed by atoms with Crippen molar-refractivity contribution in [2.45, 2.75) is 52.6 Å². The summed E-state index contributed by atoms with van der Waals surface area (Å²) in [5.41, 5.74) is 10.6. The number of rotatable bonds is 7. The van der Waals surface area contributed by atoms with Crippen molar-refractivity contribution in [3.63, 3.8) is 0 Å². The molecule has 3 N–H and O–H groups in total. The summed E-state index contributed by atoms with van der Waals surface area (Å²) in [7, 11) is 3.35. The third-order valence-electron chi connectivity index (χ3n) is 7.37. The molecule has 0 spiro atoms. The summed E-state index contributed by atoms with van der Waals surface area (Å²) in [6.45, 7) is 7.83. The van der Waals surface area contributed by atoms with Crippen LogP contribution >= 0.6 is 0 Å². The third kappa shape index (κ3) is 4.98. The monoisotopic (exact) mass is 517 g/mol. The lowest BCUT2D eigenvalue weighted by Gasteiger charge is -2.46. The second kappa shape index (κ2) is 10.6. The first-order valence-corrected chi connectivity index (χ1v) is 12.7. The van der Waals surface area contributed by atoms with Gasteiger partial charge in [0.25, 0.3) is 5.91 Å². The van der Waals surface area contributed by atoms with Crippen LogP contribution in [0.1, 0.15) is 47.3 Å². The Hall–Kier alpha value is -4.21. The molecule has 2 aromatic heterocycles. The fourth-order valence-corrected chi connectivity index (χ4v) is 5.17. The van der Waals surface area contributed by atoms with Gasteiger partial charge < -0.3 is 11.1 Å². The second-order valence-corrected chi connectivity index (χ2v) is 9.92. The van der Waals surface area contributed by atoms with E-state index in [0.717, 1.165) is 32.8 Å². The molecular formula is C28H35N7O3. The number of nitrogens with one attached hydrogen (secondary N) is 1. The summed E-state index contributed by atoms with van der Waals surface area (Å²) in [6, 6.07) is 9.33. The molecule has 4 rings (SSSR count). The topological polar surface area (TPSA) is 126 Å². The zero-order chi connectivity index (χ0) is 27.7. The molecule has 3 atom stereocenters. The van der Waals surface area contributed by atoms with Gasteiger partial charge in [0.2, 0.25) is 5.91 Å². The standard InChI is InChI=1S/C28H35N7O3/c1-7-22(20-10-8-9-16(2)18(20)4)32-28(38)35-25(27(37)33(5)24-11-12-30-34(24)6)21(26(35)36)14-19-13-17(3)31-23(29)15-19/h8-13,15,21-22,25H,7,14H2,1-6H3,(H2,29,31)(H,32,38)/t21-,22?,25+/m1/s1. The van der Waals surface area contributed by atoms with Crippen LogP contribution in [0.3, 0.4) is 0 Å². The molecule has 1 unspecified atom stereocenters. The number of pyridine rings is 1. The minimum absolute atomic E-state index is 0.264. The summed E-state index contributed by atoms with van der Waals surface area (Å²) >= 11 is 0. The summed E-state index contributed by atoms with van der Waals surface area (Å²) in [5, 5.41) is 7.14. The molecule has 1 aromatic carbocycles. The third-order valence-corrected chi connectivity index (χ3v) is 7.37. The fraction of sp³-hybridized carbons (Fsp3) is 0.393. The molecule has 1 saturated heterocycles. The molecule has 3 heterocycles. The number of hydrogen-bond donors (Lipinski definition) is 2. The van der Waals surface area contributed by atoms with Gasteiger partial charge in [0.05, 0.1) is 18.2 Å². The highest BCUT2D eigenvalue weighted by molar-refractivity contribution is 6.12.